The number of nitrogens with zero attached hydrogens (tertiary/aromatic N) is 1. The number of nitrogens with one attached hydrogen (secondary N) is 2. The van der Waals surface area contributed by atoms with Crippen molar-refractivity contribution in [3.8, 4) is 0 Å². The number of halogens is 1. The van der Waals surface area contributed by atoms with Crippen LogP contribution in [0.2, 0.25) is 0 Å². The Hall–Kier alpha value is -1.51. The molecule has 1 atom stereocenters. The van der Waals surface area contributed by atoms with Gasteiger partial charge in [0.15, 0.2) is 5.13 Å². The van der Waals surface area contributed by atoms with Crippen LogP contribution in [0.1, 0.15) is 24.2 Å². The standard InChI is InChI=1S/C13H16FN3O2S2/c1-8-4-5-10(14)6-12(8)21(18,19)17-13-16-11(7-20-13)9(2)15-3/h4-7,9,15H,1-3H3,(H,16,17). The molecule has 0 bridgehead atoms. The Balaban J connectivity index is 2.29. The minimum atomic E-state index is -3.85. The fraction of sp³-hybridized carbons (Fsp3) is 0.308. The highest BCUT2D eigenvalue weighted by Gasteiger charge is 2.20. The van der Waals surface area contributed by atoms with Gasteiger partial charge in [-0.25, -0.2) is 17.8 Å². The van der Waals surface area contributed by atoms with E-state index in [0.29, 0.717) is 5.56 Å². The molecule has 0 amide bonds. The molecule has 0 saturated heterocycles. The van der Waals surface area contributed by atoms with E-state index in [1.165, 1.54) is 23.5 Å². The average molecular weight is 329 g/mol. The number of benzene rings is 1. The number of hydrogen-bond acceptors (Lipinski definition) is 5. The minimum absolute atomic E-state index is 0.0235. The van der Waals surface area contributed by atoms with Crippen LogP contribution in [0, 0.1) is 12.7 Å². The van der Waals surface area contributed by atoms with Crippen LogP contribution in [0.15, 0.2) is 28.5 Å². The molecule has 0 radical (unpaired) electrons. The molecular formula is C13H16FN3O2S2. The number of anilines is 1. The lowest BCUT2D eigenvalue weighted by Crippen LogP contribution is -2.15. The first kappa shape index (κ1) is 15.9. The fourth-order valence-electron chi connectivity index (χ4n) is 1.71. The Morgan fingerprint density at radius 3 is 2.76 bits per heavy atom. The van der Waals surface area contributed by atoms with E-state index in [1.54, 1.807) is 19.4 Å². The van der Waals surface area contributed by atoms with Crippen molar-refractivity contribution >= 4 is 26.5 Å². The van der Waals surface area contributed by atoms with E-state index in [1.807, 2.05) is 6.92 Å². The van der Waals surface area contributed by atoms with E-state index in [-0.39, 0.29) is 16.1 Å². The Morgan fingerprint density at radius 2 is 2.10 bits per heavy atom. The Kier molecular flexibility index (Phi) is 4.60. The zero-order valence-electron chi connectivity index (χ0n) is 11.8. The maximum Gasteiger partial charge on any atom is 0.264 e. The summed E-state index contributed by atoms with van der Waals surface area (Å²) in [5, 5.41) is 5.06. The maximum atomic E-state index is 13.3. The minimum Gasteiger partial charge on any atom is -0.312 e. The summed E-state index contributed by atoms with van der Waals surface area (Å²) in [5.74, 6) is -0.593. The second-order valence-electron chi connectivity index (χ2n) is 4.60. The molecule has 1 heterocycles. The maximum absolute atomic E-state index is 13.3. The molecule has 2 rings (SSSR count). The first-order valence-corrected chi connectivity index (χ1v) is 8.61. The highest BCUT2D eigenvalue weighted by atomic mass is 32.2. The molecule has 2 N–H and O–H groups in total. The molecular weight excluding hydrogens is 313 g/mol. The van der Waals surface area contributed by atoms with E-state index >= 15 is 0 Å². The van der Waals surface area contributed by atoms with Crippen LogP contribution in [0.5, 0.6) is 0 Å². The van der Waals surface area contributed by atoms with Gasteiger partial charge in [0.25, 0.3) is 10.0 Å². The zero-order valence-corrected chi connectivity index (χ0v) is 13.5. The van der Waals surface area contributed by atoms with E-state index in [9.17, 15) is 12.8 Å². The third kappa shape index (κ3) is 3.58. The second-order valence-corrected chi connectivity index (χ2v) is 7.11. The summed E-state index contributed by atoms with van der Waals surface area (Å²) in [6.07, 6.45) is 0. The van der Waals surface area contributed by atoms with Crippen molar-refractivity contribution in [3.63, 3.8) is 0 Å². The van der Waals surface area contributed by atoms with Crippen LogP contribution in [0.4, 0.5) is 9.52 Å². The summed E-state index contributed by atoms with van der Waals surface area (Å²) < 4.78 is 40.2. The van der Waals surface area contributed by atoms with Crippen molar-refractivity contribution in [1.29, 1.82) is 0 Å². The monoisotopic (exact) mass is 329 g/mol. The molecule has 114 valence electrons. The molecule has 5 nitrogen and oxygen atoms in total. The van der Waals surface area contributed by atoms with Gasteiger partial charge in [0, 0.05) is 11.4 Å². The Bertz CT molecular complexity index is 744. The lowest BCUT2D eigenvalue weighted by molar-refractivity contribution is 0.594. The highest BCUT2D eigenvalue weighted by Crippen LogP contribution is 2.24. The SMILES string of the molecule is CNC(C)c1csc(NS(=O)(=O)c2cc(F)ccc2C)n1. The normalized spacial score (nSPS) is 13.1. The molecule has 1 aromatic heterocycles. The van der Waals surface area contributed by atoms with Crippen LogP contribution in [0.3, 0.4) is 0 Å². The van der Waals surface area contributed by atoms with Crippen molar-refractivity contribution in [2.24, 2.45) is 0 Å². The van der Waals surface area contributed by atoms with Crippen LogP contribution < -0.4 is 10.0 Å². The van der Waals surface area contributed by atoms with Gasteiger partial charge < -0.3 is 5.32 Å². The molecule has 0 aliphatic heterocycles. The van der Waals surface area contributed by atoms with Gasteiger partial charge in [0.05, 0.1) is 10.6 Å². The smallest absolute Gasteiger partial charge is 0.264 e. The van der Waals surface area contributed by atoms with Crippen LogP contribution in [-0.2, 0) is 10.0 Å². The summed E-state index contributed by atoms with van der Waals surface area (Å²) in [7, 11) is -2.05. The van der Waals surface area contributed by atoms with E-state index in [0.717, 1.165) is 11.8 Å². The lowest BCUT2D eigenvalue weighted by atomic mass is 10.2. The topological polar surface area (TPSA) is 71.1 Å². The number of hydrogen-bond donors (Lipinski definition) is 2. The second kappa shape index (κ2) is 6.08. The first-order chi connectivity index (χ1) is 9.83. The zero-order chi connectivity index (χ0) is 15.6. The summed E-state index contributed by atoms with van der Waals surface area (Å²) in [5.41, 5.74) is 1.22. The van der Waals surface area contributed by atoms with Gasteiger partial charge in [0.1, 0.15) is 5.82 Å². The molecule has 1 aromatic carbocycles. The predicted molar refractivity (Wildman–Crippen MR) is 81.5 cm³/mol. The molecule has 1 unspecified atom stereocenters. The van der Waals surface area contributed by atoms with Gasteiger partial charge in [-0.15, -0.1) is 11.3 Å². The molecule has 21 heavy (non-hydrogen) atoms. The lowest BCUT2D eigenvalue weighted by Gasteiger charge is -2.08. The van der Waals surface area contributed by atoms with Crippen molar-refractivity contribution < 1.29 is 12.8 Å². The largest absolute Gasteiger partial charge is 0.312 e. The molecule has 8 heteroatoms. The summed E-state index contributed by atoms with van der Waals surface area (Å²) in [4.78, 5) is 4.13. The molecule has 0 aliphatic carbocycles. The third-order valence-corrected chi connectivity index (χ3v) is 5.45. The van der Waals surface area contributed by atoms with Gasteiger partial charge >= 0.3 is 0 Å². The predicted octanol–water partition coefficient (Wildman–Crippen LogP) is 2.67. The summed E-state index contributed by atoms with van der Waals surface area (Å²) in [6, 6.07) is 3.68. The van der Waals surface area contributed by atoms with Crippen LogP contribution in [0.25, 0.3) is 0 Å². The Morgan fingerprint density at radius 1 is 1.38 bits per heavy atom. The van der Waals surface area contributed by atoms with Crippen LogP contribution in [-0.4, -0.2) is 20.4 Å². The van der Waals surface area contributed by atoms with Crippen LogP contribution >= 0.6 is 11.3 Å². The number of aryl methyl sites for hydroxylation is 1. The molecule has 2 aromatic rings. The number of rotatable bonds is 5. The van der Waals surface area contributed by atoms with E-state index in [2.05, 4.69) is 15.0 Å². The van der Waals surface area contributed by atoms with E-state index in [4.69, 9.17) is 0 Å². The van der Waals surface area contributed by atoms with Gasteiger partial charge in [-0.2, -0.15) is 0 Å². The molecule has 0 fully saturated rings. The molecule has 0 aliphatic rings. The van der Waals surface area contributed by atoms with Gasteiger partial charge in [-0.05, 0) is 38.6 Å². The molecule has 0 spiro atoms. The molecule has 0 saturated carbocycles. The van der Waals surface area contributed by atoms with Crippen molar-refractivity contribution in [2.75, 3.05) is 11.8 Å². The van der Waals surface area contributed by atoms with E-state index < -0.39 is 15.8 Å². The quantitative estimate of drug-likeness (QED) is 0.885. The van der Waals surface area contributed by atoms with Crippen molar-refractivity contribution in [3.05, 3.63) is 40.7 Å². The number of thiazole rings is 1. The highest BCUT2D eigenvalue weighted by molar-refractivity contribution is 7.93. The first-order valence-electron chi connectivity index (χ1n) is 6.25. The summed E-state index contributed by atoms with van der Waals surface area (Å²) >= 11 is 1.19. The summed E-state index contributed by atoms with van der Waals surface area (Å²) in [6.45, 7) is 3.54. The number of aromatic nitrogens is 1. The van der Waals surface area contributed by atoms with Gasteiger partial charge in [-0.1, -0.05) is 6.07 Å². The van der Waals surface area contributed by atoms with Crippen molar-refractivity contribution in [1.82, 2.24) is 10.3 Å². The number of sulfonamides is 1. The average Bonchev–Trinajstić information content (AvgIpc) is 2.88. The van der Waals surface area contributed by atoms with Crippen molar-refractivity contribution in [2.45, 2.75) is 24.8 Å². The fourth-order valence-corrected chi connectivity index (χ4v) is 4.03. The van der Waals surface area contributed by atoms with Gasteiger partial charge in [-0.3, -0.25) is 4.72 Å². The van der Waals surface area contributed by atoms with Gasteiger partial charge in [0.2, 0.25) is 0 Å². The third-order valence-electron chi connectivity index (χ3n) is 3.06. The Labute approximate surface area is 127 Å².